The molecule has 1 heterocycles. The lowest BCUT2D eigenvalue weighted by atomic mass is 10.2. The summed E-state index contributed by atoms with van der Waals surface area (Å²) in [4.78, 5) is 15.5. The van der Waals surface area contributed by atoms with Gasteiger partial charge in [-0.25, -0.2) is 22.5 Å². The van der Waals surface area contributed by atoms with Crippen LogP contribution in [-0.2, 0) is 10.0 Å². The Bertz CT molecular complexity index is 809. The van der Waals surface area contributed by atoms with Gasteiger partial charge >= 0.3 is 0 Å². The van der Waals surface area contributed by atoms with E-state index in [1.807, 2.05) is 4.72 Å². The van der Waals surface area contributed by atoms with E-state index >= 15 is 0 Å². The largest absolute Gasteiger partial charge is 0.481 e. The van der Waals surface area contributed by atoms with E-state index in [1.54, 1.807) is 0 Å². The first-order valence-electron chi connectivity index (χ1n) is 5.86. The summed E-state index contributed by atoms with van der Waals surface area (Å²) in [5.41, 5.74) is -0.0393. The third-order valence-electron chi connectivity index (χ3n) is 2.59. The number of ether oxygens (including phenoxy) is 1. The first-order valence-corrected chi connectivity index (χ1v) is 7.72. The number of carbonyl (C=O) groups excluding carboxylic acids is 1. The van der Waals surface area contributed by atoms with Crippen LogP contribution in [0, 0.1) is 5.82 Å². The van der Waals surface area contributed by atoms with Gasteiger partial charge in [-0.1, -0.05) is 11.6 Å². The second-order valence-electron chi connectivity index (χ2n) is 4.11. The van der Waals surface area contributed by atoms with Crippen LogP contribution in [0.1, 0.15) is 10.4 Å². The van der Waals surface area contributed by atoms with Crippen molar-refractivity contribution in [3.05, 3.63) is 52.9 Å². The summed E-state index contributed by atoms with van der Waals surface area (Å²) in [6.45, 7) is 0. The Balaban J connectivity index is 2.28. The van der Waals surface area contributed by atoms with Crippen LogP contribution >= 0.6 is 11.6 Å². The highest BCUT2D eigenvalue weighted by Crippen LogP contribution is 2.17. The maximum Gasteiger partial charge on any atom is 0.265 e. The highest BCUT2D eigenvalue weighted by Gasteiger charge is 2.19. The van der Waals surface area contributed by atoms with Crippen molar-refractivity contribution in [2.45, 2.75) is 4.90 Å². The Labute approximate surface area is 130 Å². The van der Waals surface area contributed by atoms with Gasteiger partial charge in [0, 0.05) is 11.6 Å². The molecule has 1 amide bonds. The molecule has 22 heavy (non-hydrogen) atoms. The number of nitrogens with zero attached hydrogens (tertiary/aromatic N) is 1. The minimum absolute atomic E-state index is 0.0244. The third kappa shape index (κ3) is 3.71. The molecule has 2 aromatic rings. The van der Waals surface area contributed by atoms with Crippen molar-refractivity contribution in [1.82, 2.24) is 9.71 Å². The van der Waals surface area contributed by atoms with Gasteiger partial charge in [-0.3, -0.25) is 4.79 Å². The predicted molar refractivity (Wildman–Crippen MR) is 76.9 cm³/mol. The van der Waals surface area contributed by atoms with E-state index in [1.165, 1.54) is 19.2 Å². The molecule has 0 aliphatic carbocycles. The number of amides is 1. The van der Waals surface area contributed by atoms with E-state index < -0.39 is 21.7 Å². The van der Waals surface area contributed by atoms with Gasteiger partial charge in [0.15, 0.2) is 0 Å². The van der Waals surface area contributed by atoms with E-state index in [0.717, 1.165) is 24.3 Å². The molecule has 0 saturated heterocycles. The van der Waals surface area contributed by atoms with Gasteiger partial charge in [0.2, 0.25) is 5.88 Å². The Hall–Kier alpha value is -2.19. The van der Waals surface area contributed by atoms with Gasteiger partial charge in [-0.15, -0.1) is 0 Å². The quantitative estimate of drug-likeness (QED) is 0.857. The number of hydrogen-bond donors (Lipinski definition) is 1. The summed E-state index contributed by atoms with van der Waals surface area (Å²) in [6.07, 6.45) is 0. The summed E-state index contributed by atoms with van der Waals surface area (Å²) in [5, 5.41) is -0.0244. The molecule has 0 saturated carbocycles. The summed E-state index contributed by atoms with van der Waals surface area (Å²) in [5.74, 6) is -1.43. The molecule has 0 atom stereocenters. The molecule has 0 unspecified atom stereocenters. The number of rotatable bonds is 4. The lowest BCUT2D eigenvalue weighted by Crippen LogP contribution is -2.30. The normalized spacial score (nSPS) is 11.0. The average Bonchev–Trinajstić information content (AvgIpc) is 2.46. The molecule has 2 rings (SSSR count). The van der Waals surface area contributed by atoms with Gasteiger partial charge in [-0.2, -0.15) is 0 Å². The zero-order valence-corrected chi connectivity index (χ0v) is 12.8. The van der Waals surface area contributed by atoms with Gasteiger partial charge < -0.3 is 4.74 Å². The second kappa shape index (κ2) is 6.29. The summed E-state index contributed by atoms with van der Waals surface area (Å²) < 4.78 is 43.6. The van der Waals surface area contributed by atoms with Crippen molar-refractivity contribution in [2.24, 2.45) is 0 Å². The summed E-state index contributed by atoms with van der Waals surface area (Å²) in [6, 6.07) is 6.48. The van der Waals surface area contributed by atoms with Crippen LogP contribution in [0.5, 0.6) is 5.88 Å². The molecule has 0 radical (unpaired) electrons. The third-order valence-corrected chi connectivity index (χ3v) is 4.13. The molecular formula is C13H10ClFN2O4S. The Kier molecular flexibility index (Phi) is 4.62. The number of methoxy groups -OCH3 is 1. The molecule has 6 nitrogen and oxygen atoms in total. The first-order chi connectivity index (χ1) is 10.3. The zero-order valence-electron chi connectivity index (χ0n) is 11.2. The highest BCUT2D eigenvalue weighted by molar-refractivity contribution is 7.90. The standard InChI is InChI=1S/C13H10ClFN2O4S/c1-21-12-7-8(6-11(14)16-12)13(18)17-22(19,20)10-4-2-9(15)3-5-10/h2-7H,1H3,(H,17,18). The lowest BCUT2D eigenvalue weighted by Gasteiger charge is -2.08. The van der Waals surface area contributed by atoms with Crippen LogP contribution in [0.15, 0.2) is 41.3 Å². The minimum atomic E-state index is -4.13. The summed E-state index contributed by atoms with van der Waals surface area (Å²) in [7, 11) is -2.80. The molecule has 1 aromatic heterocycles. The second-order valence-corrected chi connectivity index (χ2v) is 6.18. The van der Waals surface area contributed by atoms with E-state index in [4.69, 9.17) is 16.3 Å². The van der Waals surface area contributed by atoms with Crippen molar-refractivity contribution >= 4 is 27.5 Å². The van der Waals surface area contributed by atoms with E-state index in [9.17, 15) is 17.6 Å². The van der Waals surface area contributed by atoms with Crippen molar-refractivity contribution < 1.29 is 22.3 Å². The van der Waals surface area contributed by atoms with Crippen molar-refractivity contribution in [1.29, 1.82) is 0 Å². The van der Waals surface area contributed by atoms with Crippen LogP contribution in [-0.4, -0.2) is 26.4 Å². The van der Waals surface area contributed by atoms with Gasteiger partial charge in [0.1, 0.15) is 11.0 Å². The predicted octanol–water partition coefficient (Wildman–Crippen LogP) is 2.00. The van der Waals surface area contributed by atoms with Gasteiger partial charge in [0.25, 0.3) is 15.9 Å². The van der Waals surface area contributed by atoms with Crippen molar-refractivity contribution in [3.8, 4) is 5.88 Å². The Morgan fingerprint density at radius 1 is 1.27 bits per heavy atom. The van der Waals surface area contributed by atoms with Gasteiger partial charge in [0.05, 0.1) is 12.0 Å². The fourth-order valence-corrected chi connectivity index (χ4v) is 2.74. The van der Waals surface area contributed by atoms with Crippen LogP contribution in [0.4, 0.5) is 4.39 Å². The first kappa shape index (κ1) is 16.2. The molecule has 0 aliphatic heterocycles. The van der Waals surface area contributed by atoms with E-state index in [2.05, 4.69) is 4.98 Å². The number of carbonyl (C=O) groups is 1. The molecule has 0 bridgehead atoms. The number of benzene rings is 1. The van der Waals surface area contributed by atoms with Crippen molar-refractivity contribution in [2.75, 3.05) is 7.11 Å². The molecule has 9 heteroatoms. The minimum Gasteiger partial charge on any atom is -0.481 e. The van der Waals surface area contributed by atoms with Crippen LogP contribution < -0.4 is 9.46 Å². The maximum atomic E-state index is 12.8. The zero-order chi connectivity index (χ0) is 16.3. The summed E-state index contributed by atoms with van der Waals surface area (Å²) >= 11 is 5.72. The SMILES string of the molecule is COc1cc(C(=O)NS(=O)(=O)c2ccc(F)cc2)cc(Cl)n1. The molecular weight excluding hydrogens is 335 g/mol. The lowest BCUT2D eigenvalue weighted by molar-refractivity contribution is 0.0981. The number of sulfonamides is 1. The monoisotopic (exact) mass is 344 g/mol. The number of aromatic nitrogens is 1. The van der Waals surface area contributed by atoms with E-state index in [0.29, 0.717) is 0 Å². The maximum absolute atomic E-state index is 12.8. The van der Waals surface area contributed by atoms with E-state index in [-0.39, 0.29) is 21.5 Å². The Morgan fingerprint density at radius 2 is 1.91 bits per heavy atom. The Morgan fingerprint density at radius 3 is 2.50 bits per heavy atom. The number of halogens is 2. The molecule has 0 spiro atoms. The average molecular weight is 345 g/mol. The number of hydrogen-bond acceptors (Lipinski definition) is 5. The highest BCUT2D eigenvalue weighted by atomic mass is 35.5. The van der Waals surface area contributed by atoms with Crippen LogP contribution in [0.3, 0.4) is 0 Å². The molecule has 1 N–H and O–H groups in total. The topological polar surface area (TPSA) is 85.4 Å². The van der Waals surface area contributed by atoms with Gasteiger partial charge in [-0.05, 0) is 30.3 Å². The van der Waals surface area contributed by atoms with Crippen LogP contribution in [0.2, 0.25) is 5.15 Å². The molecule has 0 fully saturated rings. The fourth-order valence-electron chi connectivity index (χ4n) is 1.56. The fraction of sp³-hybridized carbons (Fsp3) is 0.0769. The van der Waals surface area contributed by atoms with Crippen LogP contribution in [0.25, 0.3) is 0 Å². The number of pyridine rings is 1. The molecule has 1 aromatic carbocycles. The molecule has 0 aliphatic rings. The number of nitrogens with one attached hydrogen (secondary N) is 1. The molecule has 116 valence electrons. The van der Waals surface area contributed by atoms with Crippen molar-refractivity contribution in [3.63, 3.8) is 0 Å². The smallest absolute Gasteiger partial charge is 0.265 e.